The van der Waals surface area contributed by atoms with Gasteiger partial charge in [-0.3, -0.25) is 4.99 Å². The summed E-state index contributed by atoms with van der Waals surface area (Å²) < 4.78 is 0. The van der Waals surface area contributed by atoms with Crippen molar-refractivity contribution in [2.75, 3.05) is 0 Å². The predicted molar refractivity (Wildman–Crippen MR) is 78.1 cm³/mol. The van der Waals surface area contributed by atoms with Crippen molar-refractivity contribution in [1.82, 2.24) is 4.98 Å². The van der Waals surface area contributed by atoms with Crippen LogP contribution in [0.1, 0.15) is 37.8 Å². The Balaban J connectivity index is 0.000000902. The maximum atomic E-state index is 4.66. The molecular weight excluding hydrogens is 272 g/mol. The molecule has 19 heavy (non-hydrogen) atoms. The van der Waals surface area contributed by atoms with Crippen LogP contribution in [0.3, 0.4) is 0 Å². The van der Waals surface area contributed by atoms with Gasteiger partial charge in [-0.25, -0.2) is 0 Å². The van der Waals surface area contributed by atoms with Crippen LogP contribution in [0.15, 0.2) is 35.3 Å². The fourth-order valence-electron chi connectivity index (χ4n) is 2.52. The monoisotopic (exact) mass is 292 g/mol. The summed E-state index contributed by atoms with van der Waals surface area (Å²) >= 11 is 0. The molecular formula is C16H20CrN2. The molecule has 0 saturated heterocycles. The van der Waals surface area contributed by atoms with Crippen LogP contribution in [0.2, 0.25) is 0 Å². The standard InChI is InChI=1S/C15H17N2.CH3.Cr/c1-2-7-13(8-3-1)16-11-14-10-12-6-4-5-9-15(12)17-14;;/h4-6,9-11,13H,1-3,7-8H2;1H3;/q2*-1;+2. The van der Waals surface area contributed by atoms with E-state index in [1.54, 1.807) is 0 Å². The minimum Gasteiger partial charge on any atom is -0.656 e. The van der Waals surface area contributed by atoms with Crippen LogP contribution in [-0.2, 0) is 17.4 Å². The first-order chi connectivity index (χ1) is 8.42. The maximum absolute atomic E-state index is 4.66. The van der Waals surface area contributed by atoms with Gasteiger partial charge in [0.25, 0.3) is 0 Å². The largest absolute Gasteiger partial charge is 2.00 e. The van der Waals surface area contributed by atoms with Crippen molar-refractivity contribution < 1.29 is 17.4 Å². The first-order valence-corrected chi connectivity index (χ1v) is 6.47. The molecule has 1 saturated carbocycles. The summed E-state index contributed by atoms with van der Waals surface area (Å²) in [5.74, 6) is 0. The van der Waals surface area contributed by atoms with E-state index in [2.05, 4.69) is 22.1 Å². The van der Waals surface area contributed by atoms with E-state index in [0.717, 1.165) is 11.2 Å². The second-order valence-electron chi connectivity index (χ2n) is 4.81. The van der Waals surface area contributed by atoms with E-state index < -0.39 is 0 Å². The molecule has 0 N–H and O–H groups in total. The Bertz CT molecular complexity index is 491. The summed E-state index contributed by atoms with van der Waals surface area (Å²) in [5.41, 5.74) is 2.06. The second-order valence-corrected chi connectivity index (χ2v) is 4.81. The van der Waals surface area contributed by atoms with Crippen LogP contribution in [0.5, 0.6) is 0 Å². The number of nitrogens with zero attached hydrogens (tertiary/aromatic N) is 2. The van der Waals surface area contributed by atoms with Gasteiger partial charge in [-0.15, -0.1) is 11.2 Å². The molecule has 1 fully saturated rings. The molecule has 1 aromatic carbocycles. The molecule has 0 aliphatic heterocycles. The van der Waals surface area contributed by atoms with Crippen LogP contribution in [-0.4, -0.2) is 12.3 Å². The minimum atomic E-state index is 0. The summed E-state index contributed by atoms with van der Waals surface area (Å²) in [5, 5.41) is 1.21. The number of hydrogen-bond donors (Lipinski definition) is 0. The molecule has 0 unspecified atom stereocenters. The maximum Gasteiger partial charge on any atom is 2.00 e. The third-order valence-electron chi connectivity index (χ3n) is 3.48. The Morgan fingerprint density at radius 3 is 2.58 bits per heavy atom. The summed E-state index contributed by atoms with van der Waals surface area (Å²) in [7, 11) is 0. The Morgan fingerprint density at radius 2 is 1.84 bits per heavy atom. The van der Waals surface area contributed by atoms with Crippen molar-refractivity contribution in [3.63, 3.8) is 0 Å². The van der Waals surface area contributed by atoms with E-state index in [0.29, 0.717) is 6.04 Å². The quantitative estimate of drug-likeness (QED) is 0.607. The smallest absolute Gasteiger partial charge is 0.656 e. The molecule has 3 heteroatoms. The van der Waals surface area contributed by atoms with Gasteiger partial charge in [-0.2, -0.15) is 0 Å². The zero-order valence-corrected chi connectivity index (χ0v) is 12.7. The van der Waals surface area contributed by atoms with E-state index in [1.807, 2.05) is 24.4 Å². The Labute approximate surface area is 126 Å². The molecule has 1 heterocycles. The Kier molecular flexibility index (Phi) is 6.35. The summed E-state index contributed by atoms with van der Waals surface area (Å²) in [6.07, 6.45) is 8.49. The van der Waals surface area contributed by atoms with E-state index in [9.17, 15) is 0 Å². The summed E-state index contributed by atoms with van der Waals surface area (Å²) in [4.78, 5) is 9.21. The minimum absolute atomic E-state index is 0. The van der Waals surface area contributed by atoms with Crippen molar-refractivity contribution in [3.8, 4) is 0 Å². The molecule has 0 bridgehead atoms. The van der Waals surface area contributed by atoms with Gasteiger partial charge in [-0.1, -0.05) is 49.6 Å². The topological polar surface area (TPSA) is 26.5 Å². The van der Waals surface area contributed by atoms with Gasteiger partial charge in [0.15, 0.2) is 0 Å². The molecule has 1 aromatic heterocycles. The third-order valence-corrected chi connectivity index (χ3v) is 3.48. The molecule has 3 rings (SSSR count). The summed E-state index contributed by atoms with van der Waals surface area (Å²) in [6, 6.07) is 10.9. The molecule has 1 aliphatic carbocycles. The zero-order valence-electron chi connectivity index (χ0n) is 11.4. The fourth-order valence-corrected chi connectivity index (χ4v) is 2.52. The number of hydrogen-bond acceptors (Lipinski definition) is 1. The van der Waals surface area contributed by atoms with E-state index in [-0.39, 0.29) is 24.8 Å². The number of aromatic nitrogens is 1. The van der Waals surface area contributed by atoms with Crippen LogP contribution in [0, 0.1) is 7.43 Å². The van der Waals surface area contributed by atoms with E-state index in [4.69, 9.17) is 0 Å². The first kappa shape index (κ1) is 16.0. The van der Waals surface area contributed by atoms with Crippen LogP contribution < -0.4 is 4.98 Å². The van der Waals surface area contributed by atoms with Crippen molar-refractivity contribution in [3.05, 3.63) is 43.5 Å². The van der Waals surface area contributed by atoms with E-state index in [1.165, 1.54) is 37.5 Å². The molecule has 100 valence electrons. The third kappa shape index (κ3) is 3.96. The number of fused-ring (bicyclic) bond motifs is 1. The van der Waals surface area contributed by atoms with Gasteiger partial charge < -0.3 is 12.4 Å². The average molecular weight is 292 g/mol. The number of rotatable bonds is 2. The second kappa shape index (κ2) is 7.53. The SMILES string of the molecule is C(=NC1CCCCC1)c1cc2ccccc2[n-]1.[CH3-].[Cr+2]. The van der Waals surface area contributed by atoms with Crippen molar-refractivity contribution in [1.29, 1.82) is 0 Å². The van der Waals surface area contributed by atoms with Crippen molar-refractivity contribution >= 4 is 17.1 Å². The number of aliphatic imine (C=N–C) groups is 1. The molecule has 0 spiro atoms. The molecule has 0 atom stereocenters. The Morgan fingerprint density at radius 1 is 1.11 bits per heavy atom. The van der Waals surface area contributed by atoms with Crippen LogP contribution >= 0.6 is 0 Å². The molecule has 0 amide bonds. The number of para-hydroxylation sites is 1. The van der Waals surface area contributed by atoms with Gasteiger partial charge in [0, 0.05) is 12.3 Å². The molecule has 1 aliphatic rings. The van der Waals surface area contributed by atoms with Crippen molar-refractivity contribution in [2.24, 2.45) is 4.99 Å². The number of benzene rings is 1. The van der Waals surface area contributed by atoms with Gasteiger partial charge in [0.1, 0.15) is 0 Å². The molecule has 0 radical (unpaired) electrons. The van der Waals surface area contributed by atoms with Crippen LogP contribution in [0.25, 0.3) is 10.9 Å². The normalized spacial score (nSPS) is 16.2. The van der Waals surface area contributed by atoms with Crippen molar-refractivity contribution in [2.45, 2.75) is 38.1 Å². The molecule has 2 nitrogen and oxygen atoms in total. The zero-order chi connectivity index (χ0) is 11.5. The van der Waals surface area contributed by atoms with Gasteiger partial charge in [-0.05, 0) is 18.2 Å². The van der Waals surface area contributed by atoms with Gasteiger partial charge >= 0.3 is 17.4 Å². The van der Waals surface area contributed by atoms with Crippen LogP contribution in [0.4, 0.5) is 0 Å². The van der Waals surface area contributed by atoms with Gasteiger partial charge in [0.05, 0.1) is 0 Å². The van der Waals surface area contributed by atoms with Gasteiger partial charge in [0.2, 0.25) is 0 Å². The average Bonchev–Trinajstić information content (AvgIpc) is 2.80. The van der Waals surface area contributed by atoms with E-state index >= 15 is 0 Å². The summed E-state index contributed by atoms with van der Waals surface area (Å²) in [6.45, 7) is 0. The predicted octanol–water partition coefficient (Wildman–Crippen LogP) is 4.00. The molecule has 2 aromatic rings. The first-order valence-electron chi connectivity index (χ1n) is 6.47. The Hall–Kier alpha value is -1.04. The fraction of sp³-hybridized carbons (Fsp3) is 0.375.